The molecule has 0 amide bonds. The van der Waals surface area contributed by atoms with Crippen LogP contribution in [0.15, 0.2) is 76.8 Å². The average Bonchev–Trinajstić information content (AvgIpc) is 3.27. The molecular formula is C23H22F3N3O2. The zero-order valence-electron chi connectivity index (χ0n) is 16.8. The fraction of sp³-hybridized carbons (Fsp3) is 0.348. The van der Waals surface area contributed by atoms with E-state index in [1.807, 2.05) is 30.3 Å². The van der Waals surface area contributed by atoms with Gasteiger partial charge in [0.25, 0.3) is 0 Å². The highest BCUT2D eigenvalue weighted by Crippen LogP contribution is 2.51. The van der Waals surface area contributed by atoms with Crippen molar-refractivity contribution in [2.24, 2.45) is 5.18 Å². The summed E-state index contributed by atoms with van der Waals surface area (Å²) in [6, 6.07) is 14.3. The first kappa shape index (κ1) is 21.1. The molecule has 0 radical (unpaired) electrons. The van der Waals surface area contributed by atoms with Crippen LogP contribution in [0.1, 0.15) is 36.8 Å². The number of rotatable bonds is 8. The minimum atomic E-state index is -4.45. The van der Waals surface area contributed by atoms with Crippen molar-refractivity contribution in [1.82, 2.24) is 4.98 Å². The Morgan fingerprint density at radius 2 is 1.81 bits per heavy atom. The summed E-state index contributed by atoms with van der Waals surface area (Å²) in [4.78, 5) is 17.6. The lowest BCUT2D eigenvalue weighted by Gasteiger charge is -2.45. The first-order valence-corrected chi connectivity index (χ1v) is 10.1. The molecule has 8 heteroatoms. The van der Waals surface area contributed by atoms with Gasteiger partial charge in [0.05, 0.1) is 18.3 Å². The van der Waals surface area contributed by atoms with Crippen LogP contribution in [0.4, 0.5) is 24.7 Å². The van der Waals surface area contributed by atoms with Crippen LogP contribution >= 0.6 is 0 Å². The third kappa shape index (κ3) is 4.33. The van der Waals surface area contributed by atoms with Crippen LogP contribution in [0.5, 0.6) is 0 Å². The van der Waals surface area contributed by atoms with E-state index in [1.54, 1.807) is 11.0 Å². The number of aromatic nitrogens is 1. The van der Waals surface area contributed by atoms with E-state index in [2.05, 4.69) is 10.2 Å². The van der Waals surface area contributed by atoms with Gasteiger partial charge >= 0.3 is 6.18 Å². The van der Waals surface area contributed by atoms with E-state index < -0.39 is 23.2 Å². The first-order valence-electron chi connectivity index (χ1n) is 10.1. The van der Waals surface area contributed by atoms with Gasteiger partial charge in [-0.3, -0.25) is 0 Å². The van der Waals surface area contributed by atoms with E-state index in [0.29, 0.717) is 18.7 Å². The molecule has 0 saturated heterocycles. The SMILES string of the molecule is O=NC(CN(c1ccccc1)c1cnco1)CC1(c2ccccc2C(F)(F)F)CCC1. The van der Waals surface area contributed by atoms with Crippen molar-refractivity contribution in [3.05, 3.63) is 83.2 Å². The van der Waals surface area contributed by atoms with Gasteiger partial charge in [0.15, 0.2) is 6.39 Å². The molecule has 0 aliphatic heterocycles. The number of nitroso groups, excluding NO2 is 1. The Morgan fingerprint density at radius 3 is 2.39 bits per heavy atom. The summed E-state index contributed by atoms with van der Waals surface area (Å²) in [7, 11) is 0. The summed E-state index contributed by atoms with van der Waals surface area (Å²) in [6.07, 6.45) is 0.636. The van der Waals surface area contributed by atoms with Gasteiger partial charge in [-0.05, 0) is 48.4 Å². The predicted octanol–water partition coefficient (Wildman–Crippen LogP) is 6.48. The molecule has 5 nitrogen and oxygen atoms in total. The molecule has 1 fully saturated rings. The Morgan fingerprint density at radius 1 is 1.10 bits per heavy atom. The van der Waals surface area contributed by atoms with E-state index in [0.717, 1.165) is 18.2 Å². The molecule has 1 atom stereocenters. The second kappa shape index (κ2) is 8.53. The average molecular weight is 429 g/mol. The van der Waals surface area contributed by atoms with Crippen molar-refractivity contribution in [2.45, 2.75) is 43.3 Å². The van der Waals surface area contributed by atoms with E-state index in [1.165, 1.54) is 24.7 Å². The monoisotopic (exact) mass is 429 g/mol. The molecule has 1 unspecified atom stereocenters. The normalized spacial score (nSPS) is 16.4. The molecule has 1 aliphatic rings. The van der Waals surface area contributed by atoms with Gasteiger partial charge in [-0.2, -0.15) is 18.1 Å². The minimum Gasteiger partial charge on any atom is -0.428 e. The number of alkyl halides is 3. The standard InChI is InChI=1S/C23H22F3N3O2/c24-23(25,26)20-10-5-4-9-19(20)22(11-6-12-22)13-17(28-30)15-29(21-14-27-16-31-21)18-7-2-1-3-8-18/h1-5,7-10,14,16-17H,6,11-13,15H2. The molecule has 162 valence electrons. The number of nitrogens with zero attached hydrogens (tertiary/aromatic N) is 3. The molecule has 31 heavy (non-hydrogen) atoms. The quantitative estimate of drug-likeness (QED) is 0.385. The van der Waals surface area contributed by atoms with Gasteiger partial charge in [-0.1, -0.05) is 48.0 Å². The topological polar surface area (TPSA) is 58.7 Å². The Labute approximate surface area is 177 Å². The highest BCUT2D eigenvalue weighted by Gasteiger charge is 2.46. The molecule has 0 N–H and O–H groups in total. The van der Waals surface area contributed by atoms with Crippen molar-refractivity contribution in [3.63, 3.8) is 0 Å². The molecule has 0 bridgehead atoms. The van der Waals surface area contributed by atoms with Crippen LogP contribution in [-0.2, 0) is 11.6 Å². The van der Waals surface area contributed by atoms with Crippen LogP contribution in [0.3, 0.4) is 0 Å². The van der Waals surface area contributed by atoms with Gasteiger partial charge in [0, 0.05) is 5.69 Å². The van der Waals surface area contributed by atoms with Crippen molar-refractivity contribution < 1.29 is 17.6 Å². The molecule has 0 spiro atoms. The van der Waals surface area contributed by atoms with Crippen molar-refractivity contribution in [2.75, 3.05) is 11.4 Å². The van der Waals surface area contributed by atoms with Crippen LogP contribution in [0.2, 0.25) is 0 Å². The minimum absolute atomic E-state index is 0.179. The summed E-state index contributed by atoms with van der Waals surface area (Å²) < 4.78 is 46.4. The van der Waals surface area contributed by atoms with Crippen LogP contribution < -0.4 is 4.90 Å². The smallest absolute Gasteiger partial charge is 0.416 e. The van der Waals surface area contributed by atoms with E-state index in [9.17, 15) is 18.1 Å². The maximum atomic E-state index is 13.7. The number of halogens is 3. The molecule has 1 aromatic heterocycles. The summed E-state index contributed by atoms with van der Waals surface area (Å²) in [5.41, 5.74) is -0.303. The zero-order valence-corrected chi connectivity index (χ0v) is 16.8. The van der Waals surface area contributed by atoms with Gasteiger partial charge in [0.1, 0.15) is 6.04 Å². The summed E-state index contributed by atoms with van der Waals surface area (Å²) >= 11 is 0. The van der Waals surface area contributed by atoms with Gasteiger partial charge in [0.2, 0.25) is 5.88 Å². The van der Waals surface area contributed by atoms with Gasteiger partial charge in [-0.25, -0.2) is 4.98 Å². The maximum absolute atomic E-state index is 13.7. The summed E-state index contributed by atoms with van der Waals surface area (Å²) in [6.45, 7) is 0.179. The maximum Gasteiger partial charge on any atom is 0.416 e. The van der Waals surface area contributed by atoms with E-state index in [-0.39, 0.29) is 18.5 Å². The number of hydrogen-bond donors (Lipinski definition) is 0. The summed E-state index contributed by atoms with van der Waals surface area (Å²) in [5, 5.41) is 3.31. The molecular weight excluding hydrogens is 407 g/mol. The Bertz CT molecular complexity index is 1000. The lowest BCUT2D eigenvalue weighted by Crippen LogP contribution is -2.41. The third-order valence-corrected chi connectivity index (χ3v) is 6.04. The van der Waals surface area contributed by atoms with Crippen LogP contribution in [-0.4, -0.2) is 17.6 Å². The number of benzene rings is 2. The Balaban J connectivity index is 1.63. The van der Waals surface area contributed by atoms with Crippen molar-refractivity contribution in [1.29, 1.82) is 0 Å². The molecule has 2 aromatic carbocycles. The highest BCUT2D eigenvalue weighted by atomic mass is 19.4. The van der Waals surface area contributed by atoms with Crippen LogP contribution in [0, 0.1) is 4.91 Å². The van der Waals surface area contributed by atoms with Crippen LogP contribution in [0.25, 0.3) is 0 Å². The number of oxazole rings is 1. The van der Waals surface area contributed by atoms with Crippen molar-refractivity contribution >= 4 is 11.6 Å². The molecule has 1 saturated carbocycles. The number of hydrogen-bond acceptors (Lipinski definition) is 5. The summed E-state index contributed by atoms with van der Waals surface area (Å²) in [5.74, 6) is 0.443. The zero-order chi connectivity index (χ0) is 21.9. The largest absolute Gasteiger partial charge is 0.428 e. The predicted molar refractivity (Wildman–Crippen MR) is 111 cm³/mol. The lowest BCUT2D eigenvalue weighted by atomic mass is 9.60. The molecule has 1 aliphatic carbocycles. The molecule has 3 aromatic rings. The fourth-order valence-electron chi connectivity index (χ4n) is 4.45. The third-order valence-electron chi connectivity index (χ3n) is 6.04. The number of anilines is 2. The first-order chi connectivity index (χ1) is 14.9. The van der Waals surface area contributed by atoms with E-state index >= 15 is 0 Å². The number of para-hydroxylation sites is 1. The fourth-order valence-corrected chi connectivity index (χ4v) is 4.45. The Hall–Kier alpha value is -3.16. The van der Waals surface area contributed by atoms with Gasteiger partial charge in [-0.15, -0.1) is 0 Å². The molecule has 1 heterocycles. The lowest BCUT2D eigenvalue weighted by molar-refractivity contribution is -0.139. The second-order valence-electron chi connectivity index (χ2n) is 7.93. The van der Waals surface area contributed by atoms with Crippen molar-refractivity contribution in [3.8, 4) is 0 Å². The Kier molecular flexibility index (Phi) is 5.80. The second-order valence-corrected chi connectivity index (χ2v) is 7.93. The van der Waals surface area contributed by atoms with Gasteiger partial charge < -0.3 is 9.32 Å². The molecule has 4 rings (SSSR count). The van der Waals surface area contributed by atoms with E-state index in [4.69, 9.17) is 4.42 Å². The highest BCUT2D eigenvalue weighted by molar-refractivity contribution is 5.58.